The highest BCUT2D eigenvalue weighted by atomic mass is 35.5. The summed E-state index contributed by atoms with van der Waals surface area (Å²) in [6.07, 6.45) is -5.36. The lowest BCUT2D eigenvalue weighted by molar-refractivity contribution is -0.140. The molecule has 0 atom stereocenters. The first kappa shape index (κ1) is 47.9. The Labute approximate surface area is 359 Å². The molecule has 0 fully saturated rings. The fourth-order valence-electron chi connectivity index (χ4n) is 4.76. The molecule has 0 saturated heterocycles. The number of sulfonamides is 1. The smallest absolute Gasteiger partial charge is 0.417 e. The van der Waals surface area contributed by atoms with Gasteiger partial charge >= 0.3 is 24.1 Å². The predicted octanol–water partition coefficient (Wildman–Crippen LogP) is 8.01. The van der Waals surface area contributed by atoms with E-state index in [0.29, 0.717) is 11.6 Å². The number of nitrogens with zero attached hydrogens (tertiary/aromatic N) is 6. The Balaban J connectivity index is 0.000000233. The number of nitrogens with one attached hydrogen (secondary N) is 1. The summed E-state index contributed by atoms with van der Waals surface area (Å²) in [4.78, 5) is 35.3. The van der Waals surface area contributed by atoms with Crippen LogP contribution in [-0.4, -0.2) is 94.0 Å². The number of aromatic carboxylic acids is 1. The van der Waals surface area contributed by atoms with Crippen LogP contribution in [0.5, 0.6) is 23.4 Å². The molecule has 17 nitrogen and oxygen atoms in total. The average Bonchev–Trinajstić information content (AvgIpc) is 3.60. The number of fused-ring (bicyclic) bond motifs is 2. The maximum Gasteiger partial charge on any atom is 0.417 e. The van der Waals surface area contributed by atoms with E-state index in [-0.39, 0.29) is 49.1 Å². The van der Waals surface area contributed by atoms with Gasteiger partial charge in [0.1, 0.15) is 27.8 Å². The topological polar surface area (TPSA) is 227 Å². The van der Waals surface area contributed by atoms with Crippen molar-refractivity contribution < 1.29 is 69.1 Å². The minimum absolute atomic E-state index is 0.0106. The molecule has 0 radical (unpaired) electrons. The highest BCUT2D eigenvalue weighted by Crippen LogP contribution is 2.40. The second-order valence-electron chi connectivity index (χ2n) is 11.5. The number of rotatable bonds is 12. The summed E-state index contributed by atoms with van der Waals surface area (Å²) in [7, 11) is -2.56. The van der Waals surface area contributed by atoms with Gasteiger partial charge in [-0.1, -0.05) is 58.5 Å². The molecule has 0 aliphatic carbocycles. The Morgan fingerprint density at radius 2 is 1.61 bits per heavy atom. The van der Waals surface area contributed by atoms with Crippen LogP contribution in [0.25, 0.3) is 16.6 Å². The Bertz CT molecular complexity index is 2660. The zero-order chi connectivity index (χ0) is 45.4. The monoisotopic (exact) mass is 959 g/mol. The van der Waals surface area contributed by atoms with Crippen molar-refractivity contribution in [2.75, 3.05) is 32.2 Å². The van der Waals surface area contributed by atoms with E-state index in [1.807, 2.05) is 13.0 Å². The second-order valence-corrected chi connectivity index (χ2v) is 14.7. The van der Waals surface area contributed by atoms with Crippen LogP contribution in [0.1, 0.15) is 21.5 Å². The third kappa shape index (κ3) is 12.2. The maximum absolute atomic E-state index is 13.5. The molecule has 0 unspecified atom stereocenters. The van der Waals surface area contributed by atoms with Crippen LogP contribution in [0, 0.1) is 6.92 Å². The number of carbonyl (C=O) groups is 2. The summed E-state index contributed by atoms with van der Waals surface area (Å²) < 4.78 is 113. The standard InChI is InChI=1S/C16H14F5N5O5S.C11H8ClNO2.C7H4Cl3NO3/c1-29-10-6-22-15(30-2)26-13(10)23-14(24-26)25-32(27,28)12-8(16(19,20)21)4-3-5-9(12)31-7-11(17)18;1-6-4-7-2-3-8(12)9(11(14)15)10(7)13-5-6;8-3-1-4(9)7(11-6(3)10)14-2-5(12)13/h3-6,11H,7H2,1-2H3,(H,24,25);2-5H,1H3,(H,14,15);1H,2H2,(H,12,13). The van der Waals surface area contributed by atoms with Crippen molar-refractivity contribution in [3.05, 3.63) is 91.8 Å². The fourth-order valence-corrected chi connectivity index (χ4v) is 6.83. The Hall–Kier alpha value is -5.75. The Kier molecular flexibility index (Phi) is 15.9. The maximum atomic E-state index is 13.5. The SMILES string of the molecule is COc1cnc(OC)n2nc(NS(=O)(=O)c3c(OCC(F)F)cccc3C(F)(F)F)nc12.Cc1cnc2c(C(=O)O)c(Cl)ccc2c1.O=C(O)COc1nc(Cl)c(Cl)cc1Cl. The van der Waals surface area contributed by atoms with Gasteiger partial charge in [0.25, 0.3) is 22.4 Å². The zero-order valence-electron chi connectivity index (χ0n) is 30.8. The van der Waals surface area contributed by atoms with Gasteiger partial charge in [0.05, 0.1) is 41.5 Å². The molecule has 0 amide bonds. The van der Waals surface area contributed by atoms with Crippen molar-refractivity contribution in [2.45, 2.75) is 24.4 Å². The van der Waals surface area contributed by atoms with Crippen LogP contribution in [0.4, 0.5) is 27.9 Å². The van der Waals surface area contributed by atoms with Crippen molar-refractivity contribution >= 4 is 90.9 Å². The summed E-state index contributed by atoms with van der Waals surface area (Å²) in [5, 5.41) is 22.5. The number of hydrogen-bond donors (Lipinski definition) is 3. The van der Waals surface area contributed by atoms with Gasteiger partial charge in [-0.25, -0.2) is 31.5 Å². The molecule has 0 spiro atoms. The van der Waals surface area contributed by atoms with Gasteiger partial charge in [-0.15, -0.1) is 5.10 Å². The number of carboxylic acids is 2. The molecule has 27 heteroatoms. The Morgan fingerprint density at radius 1 is 0.902 bits per heavy atom. The first-order valence-corrected chi connectivity index (χ1v) is 19.2. The summed E-state index contributed by atoms with van der Waals surface area (Å²) in [6.45, 7) is 0.0443. The predicted molar refractivity (Wildman–Crippen MR) is 208 cm³/mol. The molecule has 0 aliphatic rings. The first-order valence-electron chi connectivity index (χ1n) is 16.2. The molecule has 0 bridgehead atoms. The van der Waals surface area contributed by atoms with Crippen molar-refractivity contribution in [3.8, 4) is 23.4 Å². The van der Waals surface area contributed by atoms with Crippen LogP contribution >= 0.6 is 46.4 Å². The summed E-state index contributed by atoms with van der Waals surface area (Å²) in [5.74, 6) is -3.76. The minimum Gasteiger partial charge on any atom is -0.491 e. The van der Waals surface area contributed by atoms with Gasteiger partial charge in [-0.05, 0) is 42.8 Å². The van der Waals surface area contributed by atoms with E-state index < -0.39 is 69.9 Å². The molecule has 326 valence electrons. The number of carboxylic acid groups (broad SMARTS) is 2. The number of benzene rings is 2. The number of ether oxygens (including phenoxy) is 4. The summed E-state index contributed by atoms with van der Waals surface area (Å²) in [5.41, 5.74) is -0.205. The highest BCUT2D eigenvalue weighted by molar-refractivity contribution is 7.92. The van der Waals surface area contributed by atoms with E-state index in [1.165, 1.54) is 26.5 Å². The minimum atomic E-state index is -5.14. The van der Waals surface area contributed by atoms with E-state index in [2.05, 4.69) is 29.8 Å². The molecule has 6 aromatic rings. The average molecular weight is 961 g/mol. The number of halogens is 9. The number of aliphatic carboxylic acids is 1. The molecule has 3 N–H and O–H groups in total. The third-order valence-corrected chi connectivity index (χ3v) is 9.86. The number of anilines is 1. The number of pyridine rings is 2. The van der Waals surface area contributed by atoms with Crippen LogP contribution in [0.3, 0.4) is 0 Å². The fraction of sp³-hybridized carbons (Fsp3) is 0.206. The second kappa shape index (κ2) is 20.2. The van der Waals surface area contributed by atoms with E-state index >= 15 is 0 Å². The molecule has 4 aromatic heterocycles. The van der Waals surface area contributed by atoms with Crippen LogP contribution in [0.2, 0.25) is 20.2 Å². The lowest BCUT2D eigenvalue weighted by Gasteiger charge is -2.17. The molecule has 6 rings (SSSR count). The van der Waals surface area contributed by atoms with Gasteiger partial charge < -0.3 is 29.2 Å². The first-order chi connectivity index (χ1) is 28.6. The van der Waals surface area contributed by atoms with Crippen molar-refractivity contribution in [2.24, 2.45) is 0 Å². The largest absolute Gasteiger partial charge is 0.491 e. The summed E-state index contributed by atoms with van der Waals surface area (Å²) in [6, 6.07) is 8.54. The number of methoxy groups -OCH3 is 2. The molecule has 0 aliphatic heterocycles. The van der Waals surface area contributed by atoms with E-state index in [1.54, 1.807) is 23.1 Å². The van der Waals surface area contributed by atoms with Crippen molar-refractivity contribution in [3.63, 3.8) is 0 Å². The van der Waals surface area contributed by atoms with E-state index in [4.69, 9.17) is 70.8 Å². The molecular weight excluding hydrogens is 935 g/mol. The molecule has 4 heterocycles. The lowest BCUT2D eigenvalue weighted by atomic mass is 10.1. The third-order valence-electron chi connectivity index (χ3n) is 7.19. The summed E-state index contributed by atoms with van der Waals surface area (Å²) >= 11 is 22.6. The number of aromatic nitrogens is 6. The number of aryl methyl sites for hydroxylation is 1. The van der Waals surface area contributed by atoms with Crippen molar-refractivity contribution in [1.82, 2.24) is 29.5 Å². The lowest BCUT2D eigenvalue weighted by Crippen LogP contribution is -2.21. The highest BCUT2D eigenvalue weighted by Gasteiger charge is 2.40. The van der Waals surface area contributed by atoms with Crippen molar-refractivity contribution in [1.29, 1.82) is 0 Å². The van der Waals surface area contributed by atoms with Gasteiger partial charge in [0.2, 0.25) is 11.5 Å². The molecule has 61 heavy (non-hydrogen) atoms. The van der Waals surface area contributed by atoms with Crippen LogP contribution in [-0.2, 0) is 21.0 Å². The van der Waals surface area contributed by atoms with Gasteiger partial charge in [0.15, 0.2) is 17.5 Å². The van der Waals surface area contributed by atoms with Gasteiger partial charge in [0, 0.05) is 11.6 Å². The van der Waals surface area contributed by atoms with Gasteiger partial charge in [-0.2, -0.15) is 32.6 Å². The number of alkyl halides is 5. The zero-order valence-corrected chi connectivity index (χ0v) is 34.7. The van der Waals surface area contributed by atoms with Gasteiger partial charge in [-0.3, -0.25) is 4.98 Å². The number of hydrogen-bond acceptors (Lipinski definition) is 13. The quantitative estimate of drug-likeness (QED) is 0.0780. The van der Waals surface area contributed by atoms with Crippen LogP contribution in [0.15, 0.2) is 59.8 Å². The van der Waals surface area contributed by atoms with E-state index in [0.717, 1.165) is 27.6 Å². The van der Waals surface area contributed by atoms with Crippen LogP contribution < -0.4 is 23.7 Å². The van der Waals surface area contributed by atoms with E-state index in [9.17, 15) is 40.0 Å². The normalized spacial score (nSPS) is 11.3. The molecule has 0 saturated carbocycles. The Morgan fingerprint density at radius 3 is 2.21 bits per heavy atom. The molecule has 2 aromatic carbocycles. The molecular formula is C34H26Cl4F5N7O10S.